The number of carbonyl (C=O) groups excluding carboxylic acids is 1. The largest absolute Gasteiger partial charge is 0.352 e. The maximum absolute atomic E-state index is 13.2. The number of aromatic nitrogens is 2. The zero-order chi connectivity index (χ0) is 20.4. The average Bonchev–Trinajstić information content (AvgIpc) is 2.65. The molecule has 0 unspecified atom stereocenters. The highest BCUT2D eigenvalue weighted by atomic mass is 35.5. The molecular formula is C21H22ClN3O3. The van der Waals surface area contributed by atoms with Gasteiger partial charge >= 0.3 is 5.69 Å². The summed E-state index contributed by atoms with van der Waals surface area (Å²) in [4.78, 5) is 38.7. The highest BCUT2D eigenvalue weighted by Crippen LogP contribution is 2.15. The zero-order valence-electron chi connectivity index (χ0n) is 16.0. The average molecular weight is 400 g/mol. The summed E-state index contributed by atoms with van der Waals surface area (Å²) in [5.41, 5.74) is 0.657. The maximum Gasteiger partial charge on any atom is 0.336 e. The third-order valence-corrected chi connectivity index (χ3v) is 4.92. The molecule has 6 nitrogen and oxygen atoms in total. The van der Waals surface area contributed by atoms with Crippen molar-refractivity contribution in [1.29, 1.82) is 0 Å². The van der Waals surface area contributed by atoms with Gasteiger partial charge < -0.3 is 5.32 Å². The fraction of sp³-hybridized carbons (Fsp3) is 0.286. The van der Waals surface area contributed by atoms with E-state index in [1.807, 2.05) is 26.8 Å². The van der Waals surface area contributed by atoms with Crippen LogP contribution in [0, 0.1) is 6.92 Å². The summed E-state index contributed by atoms with van der Waals surface area (Å²) in [6, 6.07) is 11.8. The number of nitrogens with one attached hydrogen (secondary N) is 1. The molecule has 28 heavy (non-hydrogen) atoms. The molecule has 3 rings (SSSR count). The second-order valence-electron chi connectivity index (χ2n) is 6.89. The number of halogens is 1. The Balaban J connectivity index is 2.26. The topological polar surface area (TPSA) is 73.1 Å². The van der Waals surface area contributed by atoms with Crippen LogP contribution in [0.3, 0.4) is 0 Å². The summed E-state index contributed by atoms with van der Waals surface area (Å²) >= 11 is 6.05. The predicted molar refractivity (Wildman–Crippen MR) is 111 cm³/mol. The number of nitrogens with zero attached hydrogens (tertiary/aromatic N) is 2. The number of benzene rings is 2. The molecule has 1 atom stereocenters. The first-order valence-electron chi connectivity index (χ1n) is 9.13. The Morgan fingerprint density at radius 1 is 1.18 bits per heavy atom. The van der Waals surface area contributed by atoms with Gasteiger partial charge in [-0.05, 0) is 50.6 Å². The van der Waals surface area contributed by atoms with Crippen molar-refractivity contribution in [1.82, 2.24) is 14.5 Å². The number of hydrogen-bond donors (Lipinski definition) is 1. The lowest BCUT2D eigenvalue weighted by atomic mass is 10.1. The molecule has 0 bridgehead atoms. The minimum absolute atomic E-state index is 0.00412. The van der Waals surface area contributed by atoms with Gasteiger partial charge in [0, 0.05) is 11.1 Å². The van der Waals surface area contributed by atoms with Crippen molar-refractivity contribution in [2.24, 2.45) is 0 Å². The Morgan fingerprint density at radius 2 is 1.93 bits per heavy atom. The lowest BCUT2D eigenvalue weighted by Gasteiger charge is -2.16. The molecule has 0 aliphatic rings. The SMILES string of the molecule is CC[C@H](C)NC(=O)Cn1c(=O)n(-c2cccc(Cl)c2)c(=O)c2cc(C)ccc21. The van der Waals surface area contributed by atoms with Gasteiger partial charge in [-0.15, -0.1) is 0 Å². The number of amides is 1. The summed E-state index contributed by atoms with van der Waals surface area (Å²) in [6.45, 7) is 5.56. The second-order valence-corrected chi connectivity index (χ2v) is 7.32. The van der Waals surface area contributed by atoms with Gasteiger partial charge in [-0.1, -0.05) is 36.2 Å². The molecule has 0 spiro atoms. The molecule has 2 aromatic carbocycles. The molecule has 0 radical (unpaired) electrons. The standard InChI is InChI=1S/C21H22ClN3O3/c1-4-14(3)23-19(26)12-24-18-9-8-13(2)10-17(18)20(27)25(21(24)28)16-7-5-6-15(22)11-16/h5-11,14H,4,12H2,1-3H3,(H,23,26)/t14-/m0/s1. The molecule has 0 saturated carbocycles. The number of fused-ring (bicyclic) bond motifs is 1. The number of aryl methyl sites for hydroxylation is 1. The van der Waals surface area contributed by atoms with Crippen LogP contribution in [0.2, 0.25) is 5.02 Å². The third kappa shape index (κ3) is 3.87. The number of hydrogen-bond acceptors (Lipinski definition) is 3. The van der Waals surface area contributed by atoms with Gasteiger partial charge in [-0.3, -0.25) is 14.2 Å². The normalized spacial score (nSPS) is 12.1. The molecule has 0 fully saturated rings. The van der Waals surface area contributed by atoms with Crippen LogP contribution in [0.1, 0.15) is 25.8 Å². The first-order valence-corrected chi connectivity index (χ1v) is 9.51. The molecule has 1 aromatic heterocycles. The van der Waals surface area contributed by atoms with Gasteiger partial charge in [0.2, 0.25) is 5.91 Å². The van der Waals surface area contributed by atoms with Crippen LogP contribution in [0.25, 0.3) is 16.6 Å². The van der Waals surface area contributed by atoms with E-state index in [0.29, 0.717) is 21.6 Å². The molecular weight excluding hydrogens is 378 g/mol. The van der Waals surface area contributed by atoms with E-state index in [9.17, 15) is 14.4 Å². The van der Waals surface area contributed by atoms with Gasteiger partial charge in [0.1, 0.15) is 6.54 Å². The molecule has 1 heterocycles. The van der Waals surface area contributed by atoms with Crippen LogP contribution in [0.5, 0.6) is 0 Å². The molecule has 0 aliphatic heterocycles. The third-order valence-electron chi connectivity index (χ3n) is 4.69. The first-order chi connectivity index (χ1) is 13.3. The summed E-state index contributed by atoms with van der Waals surface area (Å²) in [7, 11) is 0. The summed E-state index contributed by atoms with van der Waals surface area (Å²) in [6.07, 6.45) is 0.780. The Labute approximate surface area is 167 Å². The summed E-state index contributed by atoms with van der Waals surface area (Å²) < 4.78 is 2.39. The Kier molecular flexibility index (Phi) is 5.70. The van der Waals surface area contributed by atoms with Crippen molar-refractivity contribution in [3.8, 4) is 5.69 Å². The van der Waals surface area contributed by atoms with Crippen LogP contribution in [0.15, 0.2) is 52.1 Å². The maximum atomic E-state index is 13.2. The Morgan fingerprint density at radius 3 is 2.61 bits per heavy atom. The fourth-order valence-corrected chi connectivity index (χ4v) is 3.23. The Bertz CT molecular complexity index is 1160. The van der Waals surface area contributed by atoms with Crippen molar-refractivity contribution in [3.63, 3.8) is 0 Å². The quantitative estimate of drug-likeness (QED) is 0.716. The molecule has 0 saturated heterocycles. The number of carbonyl (C=O) groups is 1. The lowest BCUT2D eigenvalue weighted by molar-refractivity contribution is -0.122. The van der Waals surface area contributed by atoms with E-state index in [1.54, 1.807) is 36.4 Å². The highest BCUT2D eigenvalue weighted by molar-refractivity contribution is 6.30. The van der Waals surface area contributed by atoms with Crippen LogP contribution < -0.4 is 16.6 Å². The molecule has 0 aliphatic carbocycles. The minimum Gasteiger partial charge on any atom is -0.352 e. The highest BCUT2D eigenvalue weighted by Gasteiger charge is 2.17. The first kappa shape index (κ1) is 19.9. The van der Waals surface area contributed by atoms with E-state index in [2.05, 4.69) is 5.32 Å². The van der Waals surface area contributed by atoms with E-state index in [1.165, 1.54) is 4.57 Å². The van der Waals surface area contributed by atoms with Crippen molar-refractivity contribution >= 4 is 28.4 Å². The van der Waals surface area contributed by atoms with Crippen molar-refractivity contribution in [2.45, 2.75) is 39.8 Å². The second kappa shape index (κ2) is 8.02. The van der Waals surface area contributed by atoms with Gasteiger partial charge in [0.15, 0.2) is 0 Å². The van der Waals surface area contributed by atoms with E-state index < -0.39 is 11.2 Å². The van der Waals surface area contributed by atoms with Gasteiger partial charge in [-0.2, -0.15) is 0 Å². The zero-order valence-corrected chi connectivity index (χ0v) is 16.8. The van der Waals surface area contributed by atoms with E-state index >= 15 is 0 Å². The molecule has 1 N–H and O–H groups in total. The molecule has 3 aromatic rings. The van der Waals surface area contributed by atoms with E-state index in [-0.39, 0.29) is 18.5 Å². The summed E-state index contributed by atoms with van der Waals surface area (Å²) in [5, 5.41) is 3.64. The predicted octanol–water partition coefficient (Wildman–Crippen LogP) is 3.03. The smallest absolute Gasteiger partial charge is 0.336 e. The lowest BCUT2D eigenvalue weighted by Crippen LogP contribution is -2.43. The van der Waals surface area contributed by atoms with Crippen LogP contribution >= 0.6 is 11.6 Å². The minimum atomic E-state index is -0.581. The Hall–Kier alpha value is -2.86. The molecule has 7 heteroatoms. The number of rotatable bonds is 5. The van der Waals surface area contributed by atoms with Gasteiger partial charge in [-0.25, -0.2) is 9.36 Å². The van der Waals surface area contributed by atoms with Crippen molar-refractivity contribution in [3.05, 3.63) is 73.9 Å². The molecule has 1 amide bonds. The van der Waals surface area contributed by atoms with Crippen molar-refractivity contribution in [2.75, 3.05) is 0 Å². The van der Waals surface area contributed by atoms with Crippen LogP contribution in [-0.4, -0.2) is 21.1 Å². The van der Waals surface area contributed by atoms with Crippen molar-refractivity contribution < 1.29 is 4.79 Å². The monoisotopic (exact) mass is 399 g/mol. The van der Waals surface area contributed by atoms with Gasteiger partial charge in [0.05, 0.1) is 16.6 Å². The fourth-order valence-electron chi connectivity index (χ4n) is 3.05. The summed E-state index contributed by atoms with van der Waals surface area (Å²) in [5.74, 6) is -0.283. The molecule has 146 valence electrons. The van der Waals surface area contributed by atoms with Crippen LogP contribution in [0.4, 0.5) is 0 Å². The van der Waals surface area contributed by atoms with Crippen LogP contribution in [-0.2, 0) is 11.3 Å². The van der Waals surface area contributed by atoms with Gasteiger partial charge in [0.25, 0.3) is 5.56 Å². The van der Waals surface area contributed by atoms with E-state index in [4.69, 9.17) is 11.6 Å². The van der Waals surface area contributed by atoms with E-state index in [0.717, 1.165) is 16.6 Å².